The number of rotatable bonds is 11. The average Bonchev–Trinajstić information content (AvgIpc) is 3.43. The minimum absolute atomic E-state index is 0.0588. The summed E-state index contributed by atoms with van der Waals surface area (Å²) < 4.78 is 17.6. The van der Waals surface area contributed by atoms with Gasteiger partial charge in [-0.3, -0.25) is 19.4 Å². The Labute approximate surface area is 302 Å². The second-order valence-electron chi connectivity index (χ2n) is 16.2. The van der Waals surface area contributed by atoms with Gasteiger partial charge in [0.2, 0.25) is 0 Å². The summed E-state index contributed by atoms with van der Waals surface area (Å²) in [6.45, 7) is 11.7. The Morgan fingerprint density at radius 1 is 1.00 bits per heavy atom. The zero-order chi connectivity index (χ0) is 35.8. The van der Waals surface area contributed by atoms with Crippen LogP contribution in [0.5, 0.6) is 0 Å². The van der Waals surface area contributed by atoms with Gasteiger partial charge in [-0.1, -0.05) is 32.4 Å². The van der Waals surface area contributed by atoms with Gasteiger partial charge in [-0.25, -0.2) is 0 Å². The number of nitrogens with one attached hydrogen (secondary N) is 2. The summed E-state index contributed by atoms with van der Waals surface area (Å²) in [5.41, 5.74) is 1.72. The lowest BCUT2D eigenvalue weighted by Crippen LogP contribution is -2.64. The maximum atomic E-state index is 12.7. The summed E-state index contributed by atoms with van der Waals surface area (Å²) in [7, 11) is 1.44. The molecule has 50 heavy (non-hydrogen) atoms. The largest absolute Gasteiger partial charge is 0.469 e. The molecular weight excluding hydrogens is 654 g/mol. The monoisotopic (exact) mass is 709 g/mol. The molecule has 0 spiro atoms. The number of aromatic nitrogens is 1. The number of pyridine rings is 1. The van der Waals surface area contributed by atoms with Crippen LogP contribution in [0.25, 0.3) is 10.9 Å². The van der Waals surface area contributed by atoms with Gasteiger partial charge in [0, 0.05) is 73.0 Å². The number of carbonyl (C=O) groups is 3. The highest BCUT2D eigenvalue weighted by Gasteiger charge is 2.67. The molecule has 2 aromatic rings. The fourth-order valence-corrected chi connectivity index (χ4v) is 11.6. The molecule has 0 amide bonds. The molecule has 4 saturated carbocycles. The second kappa shape index (κ2) is 15.0. The zero-order valence-electron chi connectivity index (χ0n) is 30.6. The topological polar surface area (TPSA) is 116 Å². The third kappa shape index (κ3) is 7.10. The van der Waals surface area contributed by atoms with Crippen molar-refractivity contribution < 1.29 is 28.6 Å². The van der Waals surface area contributed by atoms with Gasteiger partial charge in [-0.05, 0) is 111 Å². The number of fused-ring (bicyclic) bond motifs is 6. The van der Waals surface area contributed by atoms with Crippen LogP contribution in [0.4, 0.5) is 5.69 Å². The van der Waals surface area contributed by atoms with E-state index in [9.17, 15) is 14.4 Å². The van der Waals surface area contributed by atoms with Crippen molar-refractivity contribution in [1.29, 1.82) is 0 Å². The third-order valence-corrected chi connectivity index (χ3v) is 14.0. The number of benzene rings is 1. The van der Waals surface area contributed by atoms with Crippen LogP contribution in [0, 0.1) is 46.3 Å². The molecule has 10 heteroatoms. The maximum Gasteiger partial charge on any atom is 0.305 e. The van der Waals surface area contributed by atoms with Crippen LogP contribution < -0.4 is 10.6 Å². The molecule has 0 aliphatic heterocycles. The number of nitrogens with zero attached hydrogens (tertiary/aromatic N) is 1. The molecule has 0 saturated heterocycles. The van der Waals surface area contributed by atoms with E-state index in [-0.39, 0.29) is 64.6 Å². The smallest absolute Gasteiger partial charge is 0.305 e. The molecule has 4 fully saturated rings. The molecule has 4 aliphatic carbocycles. The SMILES string of the molecule is COC(=O)CC[C@@H](C)[C@H]1CC[C@H]2[C@@H]3[C@H](OC(C)=O)C[C@@H]4C[C@H](NCCNc5ccnc6cc(Cl)ccc56)CC[C@]4(C)[C@H]3C[C@H](OC(C)=O)[C@]12C. The van der Waals surface area contributed by atoms with E-state index in [4.69, 9.17) is 25.8 Å². The Balaban J connectivity index is 1.17. The molecule has 0 radical (unpaired) electrons. The van der Waals surface area contributed by atoms with Crippen LogP contribution in [-0.2, 0) is 28.6 Å². The fourth-order valence-electron chi connectivity index (χ4n) is 11.4. The van der Waals surface area contributed by atoms with Gasteiger partial charge in [-0.2, -0.15) is 0 Å². The van der Waals surface area contributed by atoms with Crippen molar-refractivity contribution >= 4 is 46.1 Å². The van der Waals surface area contributed by atoms with Crippen LogP contribution in [0.3, 0.4) is 0 Å². The van der Waals surface area contributed by atoms with Crippen LogP contribution in [0.15, 0.2) is 30.5 Å². The van der Waals surface area contributed by atoms with Gasteiger partial charge in [-0.15, -0.1) is 0 Å². The molecule has 4 aliphatic rings. The van der Waals surface area contributed by atoms with E-state index in [1.165, 1.54) is 21.0 Å². The van der Waals surface area contributed by atoms with Crippen LogP contribution >= 0.6 is 11.6 Å². The van der Waals surface area contributed by atoms with Crippen molar-refractivity contribution in [3.8, 4) is 0 Å². The lowest BCUT2D eigenvalue weighted by Gasteiger charge is -2.64. The van der Waals surface area contributed by atoms with E-state index < -0.39 is 0 Å². The van der Waals surface area contributed by atoms with E-state index >= 15 is 0 Å². The molecular formula is C40H56ClN3O6. The minimum Gasteiger partial charge on any atom is -0.469 e. The first kappa shape index (κ1) is 36.9. The van der Waals surface area contributed by atoms with Gasteiger partial charge in [0.25, 0.3) is 0 Å². The highest BCUT2D eigenvalue weighted by molar-refractivity contribution is 6.31. The summed E-state index contributed by atoms with van der Waals surface area (Å²) in [6.07, 6.45) is 9.44. The van der Waals surface area contributed by atoms with Crippen molar-refractivity contribution in [3.63, 3.8) is 0 Å². The summed E-state index contributed by atoms with van der Waals surface area (Å²) in [6, 6.07) is 8.17. The van der Waals surface area contributed by atoms with Crippen molar-refractivity contribution in [2.24, 2.45) is 46.3 Å². The van der Waals surface area contributed by atoms with Gasteiger partial charge in [0.05, 0.1) is 12.6 Å². The number of esters is 3. The maximum absolute atomic E-state index is 12.7. The number of ether oxygens (including phenoxy) is 3. The minimum atomic E-state index is -0.262. The molecule has 1 heterocycles. The van der Waals surface area contributed by atoms with Gasteiger partial charge >= 0.3 is 17.9 Å². The molecule has 9 nitrogen and oxygen atoms in total. The quantitative estimate of drug-likeness (QED) is 0.138. The molecule has 274 valence electrons. The number of methoxy groups -OCH3 is 1. The average molecular weight is 710 g/mol. The van der Waals surface area contributed by atoms with Gasteiger partial charge in [0.1, 0.15) is 12.2 Å². The highest BCUT2D eigenvalue weighted by atomic mass is 35.5. The fraction of sp³-hybridized carbons (Fsp3) is 0.700. The zero-order valence-corrected chi connectivity index (χ0v) is 31.4. The van der Waals surface area contributed by atoms with E-state index in [1.807, 2.05) is 30.5 Å². The Hall–Kier alpha value is -2.91. The molecule has 2 N–H and O–H groups in total. The predicted molar refractivity (Wildman–Crippen MR) is 195 cm³/mol. The summed E-state index contributed by atoms with van der Waals surface area (Å²) in [4.78, 5) is 41.8. The third-order valence-electron chi connectivity index (χ3n) is 13.7. The van der Waals surface area contributed by atoms with E-state index in [0.29, 0.717) is 29.3 Å². The Kier molecular flexibility index (Phi) is 11.0. The normalized spacial score (nSPS) is 35.3. The first-order valence-corrected chi connectivity index (χ1v) is 19.2. The van der Waals surface area contributed by atoms with E-state index in [0.717, 1.165) is 81.0 Å². The number of halogens is 1. The summed E-state index contributed by atoms with van der Waals surface area (Å²) in [5, 5.41) is 9.15. The highest BCUT2D eigenvalue weighted by Crippen LogP contribution is 2.69. The predicted octanol–water partition coefficient (Wildman–Crippen LogP) is 7.59. The standard InChI is InChI=1S/C40H56ClN3O6/c1-23(7-12-37(47)48-6)30-10-11-31-38-32(22-36(40(30,31)5)50-25(3)46)39(4)15-13-28(19-26(39)20-35(38)49-24(2)45)42-17-18-44-33-14-16-43-34-21-27(41)8-9-29(33)34/h8-9,14,16,21,23,26,28,30-32,35-36,38,42H,7,10-13,15,17-20,22H2,1-6H3,(H,43,44)/t23-,26+,28-,30-,31+,32+,35-,36+,38+,39+,40-/m1/s1. The number of carbonyl (C=O) groups excluding carboxylic acids is 3. The summed E-state index contributed by atoms with van der Waals surface area (Å²) >= 11 is 6.18. The molecule has 1 aromatic carbocycles. The van der Waals surface area contributed by atoms with Crippen LogP contribution in [-0.4, -0.2) is 61.3 Å². The molecule has 1 aromatic heterocycles. The van der Waals surface area contributed by atoms with Crippen LogP contribution in [0.1, 0.15) is 92.4 Å². The summed E-state index contributed by atoms with van der Waals surface area (Å²) in [5.74, 6) is 1.08. The number of hydrogen-bond donors (Lipinski definition) is 2. The Morgan fingerprint density at radius 2 is 1.78 bits per heavy atom. The van der Waals surface area contributed by atoms with Gasteiger partial charge in [0.15, 0.2) is 0 Å². The lowest BCUT2D eigenvalue weighted by molar-refractivity contribution is -0.220. The Bertz CT molecular complexity index is 1570. The van der Waals surface area contributed by atoms with Crippen molar-refractivity contribution in [1.82, 2.24) is 10.3 Å². The number of hydrogen-bond acceptors (Lipinski definition) is 9. The molecule has 0 bridgehead atoms. The van der Waals surface area contributed by atoms with E-state index in [2.05, 4.69) is 36.4 Å². The van der Waals surface area contributed by atoms with Crippen molar-refractivity contribution in [3.05, 3.63) is 35.5 Å². The van der Waals surface area contributed by atoms with Crippen LogP contribution in [0.2, 0.25) is 5.02 Å². The molecule has 0 unspecified atom stereocenters. The lowest BCUT2D eigenvalue weighted by atomic mass is 9.43. The van der Waals surface area contributed by atoms with Crippen molar-refractivity contribution in [2.45, 2.75) is 111 Å². The molecule has 11 atom stereocenters. The molecule has 6 rings (SSSR count). The Morgan fingerprint density at radius 3 is 2.52 bits per heavy atom. The number of anilines is 1. The first-order chi connectivity index (χ1) is 23.8. The van der Waals surface area contributed by atoms with E-state index in [1.54, 1.807) is 0 Å². The van der Waals surface area contributed by atoms with Crippen molar-refractivity contribution in [2.75, 3.05) is 25.5 Å². The van der Waals surface area contributed by atoms with Gasteiger partial charge < -0.3 is 24.8 Å². The second-order valence-corrected chi connectivity index (χ2v) is 16.7. The first-order valence-electron chi connectivity index (χ1n) is 18.8.